The minimum absolute atomic E-state index is 0.756. The zero-order valence-electron chi connectivity index (χ0n) is 12.4. The van der Waals surface area contributed by atoms with Crippen molar-refractivity contribution in [2.75, 3.05) is 19.6 Å². The molecule has 102 valence electrons. The Labute approximate surface area is 109 Å². The Morgan fingerprint density at radius 2 is 1.47 bits per heavy atom. The molecule has 1 spiro atoms. The third-order valence-electron chi connectivity index (χ3n) is 4.19. The van der Waals surface area contributed by atoms with E-state index >= 15 is 0 Å². The van der Waals surface area contributed by atoms with Gasteiger partial charge in [-0.15, -0.1) is 0 Å². The largest absolute Gasteiger partial charge is 0.303 e. The van der Waals surface area contributed by atoms with Gasteiger partial charge < -0.3 is 4.90 Å². The predicted octanol–water partition coefficient (Wildman–Crippen LogP) is 4.86. The smallest absolute Gasteiger partial charge is 0.00380 e. The van der Waals surface area contributed by atoms with Gasteiger partial charge in [-0.25, -0.2) is 0 Å². The van der Waals surface area contributed by atoms with E-state index < -0.39 is 0 Å². The molecule has 0 atom stereocenters. The lowest BCUT2D eigenvalue weighted by molar-refractivity contribution is 0.0539. The minimum Gasteiger partial charge on any atom is -0.303 e. The second-order valence-corrected chi connectivity index (χ2v) is 6.15. The van der Waals surface area contributed by atoms with E-state index in [-0.39, 0.29) is 0 Å². The van der Waals surface area contributed by atoms with Gasteiger partial charge in [0.2, 0.25) is 0 Å². The summed E-state index contributed by atoms with van der Waals surface area (Å²) in [6.07, 6.45) is 13.1. The molecule has 0 unspecified atom stereocenters. The maximum Gasteiger partial charge on any atom is 0.00380 e. The van der Waals surface area contributed by atoms with Gasteiger partial charge in [-0.05, 0) is 50.6 Å². The van der Waals surface area contributed by atoms with Crippen LogP contribution in [0.1, 0.15) is 78.6 Å². The molecule has 0 radical (unpaired) electrons. The fourth-order valence-electron chi connectivity index (χ4n) is 3.53. The Kier molecular flexibility index (Phi) is 7.18. The van der Waals surface area contributed by atoms with E-state index in [1.165, 1.54) is 77.4 Å². The van der Waals surface area contributed by atoms with Gasteiger partial charge in [-0.1, -0.05) is 46.5 Å². The molecule has 1 heteroatoms. The van der Waals surface area contributed by atoms with Crippen molar-refractivity contribution in [3.8, 4) is 0 Å². The van der Waals surface area contributed by atoms with Gasteiger partial charge in [0.05, 0.1) is 0 Å². The number of hydrogen-bond acceptors (Lipinski definition) is 1. The van der Waals surface area contributed by atoms with E-state index in [1.807, 2.05) is 0 Å². The van der Waals surface area contributed by atoms with Crippen molar-refractivity contribution >= 4 is 0 Å². The van der Waals surface area contributed by atoms with Crippen LogP contribution in [0.2, 0.25) is 0 Å². The number of hydrogen-bond donors (Lipinski definition) is 0. The van der Waals surface area contributed by atoms with E-state index in [0.29, 0.717) is 0 Å². The SMILES string of the molecule is CCC.CCCN1CCCC2(CCCCC2)C1. The molecule has 1 aliphatic heterocycles. The zero-order valence-corrected chi connectivity index (χ0v) is 12.4. The maximum atomic E-state index is 2.72. The molecular formula is C16H33N. The molecule has 2 rings (SSSR count). The van der Waals surface area contributed by atoms with Crippen molar-refractivity contribution in [2.24, 2.45) is 5.41 Å². The molecule has 1 heterocycles. The maximum absolute atomic E-state index is 2.72. The predicted molar refractivity (Wildman–Crippen MR) is 77.4 cm³/mol. The third-order valence-corrected chi connectivity index (χ3v) is 4.19. The Morgan fingerprint density at radius 3 is 2.06 bits per heavy atom. The molecule has 17 heavy (non-hydrogen) atoms. The minimum atomic E-state index is 0.756. The fourth-order valence-corrected chi connectivity index (χ4v) is 3.53. The van der Waals surface area contributed by atoms with Gasteiger partial charge in [0.1, 0.15) is 0 Å². The molecular weight excluding hydrogens is 206 g/mol. The third kappa shape index (κ3) is 4.99. The van der Waals surface area contributed by atoms with Crippen molar-refractivity contribution in [1.29, 1.82) is 0 Å². The molecule has 0 bridgehead atoms. The average Bonchev–Trinajstić information content (AvgIpc) is 2.31. The fraction of sp³-hybridized carbons (Fsp3) is 1.00. The van der Waals surface area contributed by atoms with Crippen molar-refractivity contribution < 1.29 is 0 Å². The van der Waals surface area contributed by atoms with E-state index in [9.17, 15) is 0 Å². The first kappa shape index (κ1) is 15.0. The molecule has 0 aromatic rings. The van der Waals surface area contributed by atoms with Crippen LogP contribution >= 0.6 is 0 Å². The summed E-state index contributed by atoms with van der Waals surface area (Å²) < 4.78 is 0. The summed E-state index contributed by atoms with van der Waals surface area (Å²) in [4.78, 5) is 2.72. The van der Waals surface area contributed by atoms with Gasteiger partial charge in [0, 0.05) is 6.54 Å². The number of piperidine rings is 1. The second kappa shape index (κ2) is 8.13. The lowest BCUT2D eigenvalue weighted by Crippen LogP contribution is -2.44. The van der Waals surface area contributed by atoms with Crippen molar-refractivity contribution in [3.05, 3.63) is 0 Å². The van der Waals surface area contributed by atoms with Crippen LogP contribution in [0.15, 0.2) is 0 Å². The van der Waals surface area contributed by atoms with Gasteiger partial charge in [-0.2, -0.15) is 0 Å². The summed E-state index contributed by atoms with van der Waals surface area (Å²) in [5, 5.41) is 0. The lowest BCUT2D eigenvalue weighted by atomic mass is 9.69. The van der Waals surface area contributed by atoms with Crippen molar-refractivity contribution in [2.45, 2.75) is 78.6 Å². The molecule has 0 aromatic heterocycles. The summed E-state index contributed by atoms with van der Waals surface area (Å²) in [5.74, 6) is 0. The topological polar surface area (TPSA) is 3.24 Å². The molecule has 1 aliphatic carbocycles. The first-order valence-electron chi connectivity index (χ1n) is 7.98. The van der Waals surface area contributed by atoms with Crippen LogP contribution in [0, 0.1) is 5.41 Å². The van der Waals surface area contributed by atoms with E-state index in [2.05, 4.69) is 25.7 Å². The number of nitrogens with zero attached hydrogens (tertiary/aromatic N) is 1. The standard InChI is InChI=1S/C13H25N.C3H8/c1-2-10-14-11-6-9-13(12-14)7-4-3-5-8-13;1-3-2/h2-12H2,1H3;3H2,1-2H3. The summed E-state index contributed by atoms with van der Waals surface area (Å²) in [6.45, 7) is 10.7. The monoisotopic (exact) mass is 239 g/mol. The van der Waals surface area contributed by atoms with Gasteiger partial charge in [0.25, 0.3) is 0 Å². The number of likely N-dealkylation sites (tertiary alicyclic amines) is 1. The molecule has 1 nitrogen and oxygen atoms in total. The highest BCUT2D eigenvalue weighted by molar-refractivity contribution is 4.89. The Balaban J connectivity index is 0.000000437. The van der Waals surface area contributed by atoms with Gasteiger partial charge >= 0.3 is 0 Å². The van der Waals surface area contributed by atoms with Crippen LogP contribution in [0.4, 0.5) is 0 Å². The Hall–Kier alpha value is -0.0400. The molecule has 1 saturated carbocycles. The first-order chi connectivity index (χ1) is 8.26. The summed E-state index contributed by atoms with van der Waals surface area (Å²) in [5.41, 5.74) is 0.756. The van der Waals surface area contributed by atoms with Crippen molar-refractivity contribution in [1.82, 2.24) is 4.90 Å². The van der Waals surface area contributed by atoms with Crippen LogP contribution < -0.4 is 0 Å². The van der Waals surface area contributed by atoms with E-state index in [1.54, 1.807) is 0 Å². The molecule has 0 N–H and O–H groups in total. The van der Waals surface area contributed by atoms with E-state index in [4.69, 9.17) is 0 Å². The van der Waals surface area contributed by atoms with Crippen LogP contribution in [0.5, 0.6) is 0 Å². The van der Waals surface area contributed by atoms with Gasteiger partial charge in [-0.3, -0.25) is 0 Å². The van der Waals surface area contributed by atoms with E-state index in [0.717, 1.165) is 5.41 Å². The molecule has 0 aromatic carbocycles. The molecule has 1 saturated heterocycles. The zero-order chi connectivity index (χ0) is 12.6. The molecule has 0 amide bonds. The lowest BCUT2D eigenvalue weighted by Gasteiger charge is -2.45. The average molecular weight is 239 g/mol. The summed E-state index contributed by atoms with van der Waals surface area (Å²) in [6, 6.07) is 0. The quantitative estimate of drug-likeness (QED) is 0.665. The molecule has 2 fully saturated rings. The van der Waals surface area contributed by atoms with Crippen LogP contribution in [0.3, 0.4) is 0 Å². The normalized spacial score (nSPS) is 24.2. The Bertz CT molecular complexity index is 174. The highest BCUT2D eigenvalue weighted by Gasteiger charge is 2.35. The second-order valence-electron chi connectivity index (χ2n) is 6.15. The first-order valence-corrected chi connectivity index (χ1v) is 7.98. The van der Waals surface area contributed by atoms with Crippen LogP contribution in [-0.4, -0.2) is 24.5 Å². The van der Waals surface area contributed by atoms with Crippen molar-refractivity contribution in [3.63, 3.8) is 0 Å². The number of rotatable bonds is 2. The Morgan fingerprint density at radius 1 is 0.882 bits per heavy atom. The van der Waals surface area contributed by atoms with Crippen LogP contribution in [0.25, 0.3) is 0 Å². The highest BCUT2D eigenvalue weighted by atomic mass is 15.1. The molecule has 2 aliphatic rings. The summed E-state index contributed by atoms with van der Waals surface area (Å²) in [7, 11) is 0. The van der Waals surface area contributed by atoms with Crippen LogP contribution in [-0.2, 0) is 0 Å². The summed E-state index contributed by atoms with van der Waals surface area (Å²) >= 11 is 0. The van der Waals surface area contributed by atoms with Gasteiger partial charge in [0.15, 0.2) is 0 Å². The highest BCUT2D eigenvalue weighted by Crippen LogP contribution is 2.42.